The number of fused-ring (bicyclic) bond motifs is 1. The van der Waals surface area contributed by atoms with E-state index in [2.05, 4.69) is 28.5 Å². The molecule has 0 saturated carbocycles. The number of aromatic nitrogens is 2. The highest BCUT2D eigenvalue weighted by molar-refractivity contribution is 8.01. The van der Waals surface area contributed by atoms with Gasteiger partial charge in [0.1, 0.15) is 0 Å². The Hall–Kier alpha value is -2.38. The van der Waals surface area contributed by atoms with E-state index in [1.54, 1.807) is 0 Å². The predicted molar refractivity (Wildman–Crippen MR) is 107 cm³/mol. The van der Waals surface area contributed by atoms with Crippen molar-refractivity contribution >= 4 is 45.5 Å². The number of thioether (sulfide) groups is 1. The molecule has 1 aliphatic heterocycles. The Kier molecular flexibility index (Phi) is 4.90. The van der Waals surface area contributed by atoms with Crippen LogP contribution in [0.15, 0.2) is 58.9 Å². The lowest BCUT2D eigenvalue weighted by molar-refractivity contribution is -0.116. The molecule has 0 saturated heterocycles. The van der Waals surface area contributed by atoms with Gasteiger partial charge in [-0.05, 0) is 37.1 Å². The second-order valence-electron chi connectivity index (χ2n) is 6.10. The maximum absolute atomic E-state index is 12.7. The van der Waals surface area contributed by atoms with Crippen molar-refractivity contribution in [2.45, 2.75) is 23.7 Å². The molecular weight excluding hydrogens is 364 g/mol. The van der Waals surface area contributed by atoms with Crippen molar-refractivity contribution in [3.05, 3.63) is 60.2 Å². The van der Waals surface area contributed by atoms with Crippen molar-refractivity contribution in [1.29, 1.82) is 0 Å². The fraction of sp³-hybridized carbons (Fsp3) is 0.211. The third-order valence-electron chi connectivity index (χ3n) is 4.23. The smallest absolute Gasteiger partial charge is 0.237 e. The van der Waals surface area contributed by atoms with Gasteiger partial charge in [0.2, 0.25) is 11.0 Å². The Balaban J connectivity index is 1.38. The molecule has 5 nitrogen and oxygen atoms in total. The standard InChI is InChI=1S/C19H18N4OS2/c1-13-11-14-7-5-6-10-16(14)23(13)17(24)12-25-19-22-21-18(26-19)20-15-8-3-2-4-9-15/h2-10,13H,11-12H2,1H3,(H,20,21)/t13-/m1/s1. The molecule has 0 radical (unpaired) electrons. The summed E-state index contributed by atoms with van der Waals surface area (Å²) >= 11 is 2.89. The van der Waals surface area contributed by atoms with Crippen LogP contribution >= 0.6 is 23.1 Å². The van der Waals surface area contributed by atoms with E-state index in [-0.39, 0.29) is 11.9 Å². The molecule has 2 heterocycles. The number of nitrogens with zero attached hydrogens (tertiary/aromatic N) is 3. The fourth-order valence-corrected chi connectivity index (χ4v) is 4.73. The van der Waals surface area contributed by atoms with Crippen molar-refractivity contribution in [2.24, 2.45) is 0 Å². The molecule has 1 aromatic heterocycles. The zero-order chi connectivity index (χ0) is 17.9. The zero-order valence-electron chi connectivity index (χ0n) is 14.3. The molecule has 0 spiro atoms. The van der Waals surface area contributed by atoms with Crippen molar-refractivity contribution in [1.82, 2.24) is 10.2 Å². The monoisotopic (exact) mass is 382 g/mol. The molecule has 26 heavy (non-hydrogen) atoms. The number of rotatable bonds is 5. The maximum Gasteiger partial charge on any atom is 0.237 e. The number of hydrogen-bond acceptors (Lipinski definition) is 6. The predicted octanol–water partition coefficient (Wildman–Crippen LogP) is 4.35. The number of benzene rings is 2. The van der Waals surface area contributed by atoms with E-state index in [9.17, 15) is 4.79 Å². The van der Waals surface area contributed by atoms with E-state index in [0.29, 0.717) is 5.75 Å². The number of nitrogens with one attached hydrogen (secondary N) is 1. The molecule has 1 aliphatic rings. The zero-order valence-corrected chi connectivity index (χ0v) is 15.9. The van der Waals surface area contributed by atoms with Crippen LogP contribution in [0.5, 0.6) is 0 Å². The summed E-state index contributed by atoms with van der Waals surface area (Å²) in [6, 6.07) is 18.2. The Morgan fingerprint density at radius 1 is 1.19 bits per heavy atom. The van der Waals surface area contributed by atoms with Gasteiger partial charge in [-0.2, -0.15) is 0 Å². The topological polar surface area (TPSA) is 58.1 Å². The number of carbonyl (C=O) groups excluding carboxylic acids is 1. The summed E-state index contributed by atoms with van der Waals surface area (Å²) in [5, 5.41) is 12.3. The van der Waals surface area contributed by atoms with Gasteiger partial charge in [0, 0.05) is 17.4 Å². The van der Waals surface area contributed by atoms with Gasteiger partial charge >= 0.3 is 0 Å². The van der Waals surface area contributed by atoms with Gasteiger partial charge in [-0.15, -0.1) is 10.2 Å². The van der Waals surface area contributed by atoms with E-state index in [1.165, 1.54) is 28.7 Å². The van der Waals surface area contributed by atoms with Gasteiger partial charge in [-0.1, -0.05) is 59.5 Å². The first-order chi connectivity index (χ1) is 12.7. The minimum Gasteiger partial charge on any atom is -0.330 e. The Bertz CT molecular complexity index is 913. The lowest BCUT2D eigenvalue weighted by Crippen LogP contribution is -2.36. The molecule has 0 aliphatic carbocycles. The number of hydrogen-bond donors (Lipinski definition) is 1. The van der Waals surface area contributed by atoms with Crippen LogP contribution < -0.4 is 10.2 Å². The van der Waals surface area contributed by atoms with Crippen LogP contribution in [0.1, 0.15) is 12.5 Å². The van der Waals surface area contributed by atoms with Gasteiger partial charge in [0.15, 0.2) is 4.34 Å². The first kappa shape index (κ1) is 17.1. The van der Waals surface area contributed by atoms with Crippen molar-refractivity contribution in [3.63, 3.8) is 0 Å². The van der Waals surface area contributed by atoms with Crippen LogP contribution in [0.4, 0.5) is 16.5 Å². The lowest BCUT2D eigenvalue weighted by Gasteiger charge is -2.22. The van der Waals surface area contributed by atoms with Gasteiger partial charge in [-0.3, -0.25) is 4.79 Å². The van der Waals surface area contributed by atoms with Gasteiger partial charge in [-0.25, -0.2) is 0 Å². The molecular formula is C19H18N4OS2. The second kappa shape index (κ2) is 7.47. The highest BCUT2D eigenvalue weighted by Crippen LogP contribution is 2.33. The van der Waals surface area contributed by atoms with Crippen LogP contribution in [-0.2, 0) is 11.2 Å². The summed E-state index contributed by atoms with van der Waals surface area (Å²) in [6.45, 7) is 2.09. The summed E-state index contributed by atoms with van der Waals surface area (Å²) in [5.41, 5.74) is 3.25. The van der Waals surface area contributed by atoms with E-state index in [4.69, 9.17) is 0 Å². The van der Waals surface area contributed by atoms with E-state index < -0.39 is 0 Å². The molecule has 1 amide bonds. The number of amides is 1. The summed E-state index contributed by atoms with van der Waals surface area (Å²) in [5.74, 6) is 0.471. The normalized spacial score (nSPS) is 15.7. The van der Waals surface area contributed by atoms with Crippen LogP contribution in [0.3, 0.4) is 0 Å². The molecule has 3 aromatic rings. The quantitative estimate of drug-likeness (QED) is 0.665. The van der Waals surface area contributed by atoms with Crippen molar-refractivity contribution < 1.29 is 4.79 Å². The van der Waals surface area contributed by atoms with Gasteiger partial charge < -0.3 is 10.2 Å². The van der Waals surface area contributed by atoms with E-state index in [0.717, 1.165) is 27.3 Å². The molecule has 1 N–H and O–H groups in total. The number of carbonyl (C=O) groups is 1. The summed E-state index contributed by atoms with van der Waals surface area (Å²) < 4.78 is 0.789. The summed E-state index contributed by atoms with van der Waals surface area (Å²) in [6.07, 6.45) is 0.913. The highest BCUT2D eigenvalue weighted by Gasteiger charge is 2.30. The van der Waals surface area contributed by atoms with Gasteiger partial charge in [0.05, 0.1) is 5.75 Å². The molecule has 0 unspecified atom stereocenters. The van der Waals surface area contributed by atoms with E-state index in [1.807, 2.05) is 53.4 Å². The van der Waals surface area contributed by atoms with Crippen molar-refractivity contribution in [2.75, 3.05) is 16.0 Å². The lowest BCUT2D eigenvalue weighted by atomic mass is 10.1. The van der Waals surface area contributed by atoms with Crippen LogP contribution in [0.2, 0.25) is 0 Å². The van der Waals surface area contributed by atoms with Crippen LogP contribution in [-0.4, -0.2) is 27.9 Å². The molecule has 1 atom stereocenters. The van der Waals surface area contributed by atoms with Gasteiger partial charge in [0.25, 0.3) is 0 Å². The molecule has 2 aromatic carbocycles. The Morgan fingerprint density at radius 2 is 1.96 bits per heavy atom. The first-order valence-corrected chi connectivity index (χ1v) is 10.2. The van der Waals surface area contributed by atoms with E-state index >= 15 is 0 Å². The molecule has 132 valence electrons. The fourth-order valence-electron chi connectivity index (χ4n) is 3.10. The third kappa shape index (κ3) is 3.59. The third-order valence-corrected chi connectivity index (χ3v) is 6.18. The maximum atomic E-state index is 12.7. The molecule has 0 fully saturated rings. The minimum absolute atomic E-state index is 0.111. The summed E-state index contributed by atoms with van der Waals surface area (Å²) in [4.78, 5) is 14.6. The largest absolute Gasteiger partial charge is 0.330 e. The Morgan fingerprint density at radius 3 is 2.81 bits per heavy atom. The molecule has 7 heteroatoms. The molecule has 4 rings (SSSR count). The average Bonchev–Trinajstić information content (AvgIpc) is 3.23. The Labute approximate surface area is 160 Å². The summed E-state index contributed by atoms with van der Waals surface area (Å²) in [7, 11) is 0. The van der Waals surface area contributed by atoms with Crippen LogP contribution in [0.25, 0.3) is 0 Å². The minimum atomic E-state index is 0.111. The highest BCUT2D eigenvalue weighted by atomic mass is 32.2. The molecule has 0 bridgehead atoms. The van der Waals surface area contributed by atoms with Crippen LogP contribution in [0, 0.1) is 0 Å². The number of para-hydroxylation sites is 2. The SMILES string of the molecule is C[C@@H]1Cc2ccccc2N1C(=O)CSc1nnc(Nc2ccccc2)s1. The second-order valence-corrected chi connectivity index (χ2v) is 8.30. The average molecular weight is 383 g/mol. The van der Waals surface area contributed by atoms with Crippen molar-refractivity contribution in [3.8, 4) is 0 Å². The first-order valence-electron chi connectivity index (χ1n) is 8.39. The number of anilines is 3.